The summed E-state index contributed by atoms with van der Waals surface area (Å²) < 4.78 is 5.37. The molecule has 18 heavy (non-hydrogen) atoms. The fourth-order valence-corrected chi connectivity index (χ4v) is 5.66. The quantitative estimate of drug-likeness (QED) is 0.734. The maximum atomic E-state index is 12.8. The van der Waals surface area contributed by atoms with Gasteiger partial charge < -0.3 is 4.42 Å². The van der Waals surface area contributed by atoms with Crippen molar-refractivity contribution in [1.29, 1.82) is 0 Å². The number of hydrogen-bond acceptors (Lipinski definition) is 2. The second-order valence-corrected chi connectivity index (χ2v) is 7.36. The third-order valence-corrected chi connectivity index (χ3v) is 5.58. The molecular weight excluding hydrogens is 224 g/mol. The second kappa shape index (κ2) is 3.28. The van der Waals surface area contributed by atoms with Gasteiger partial charge in [0.15, 0.2) is 5.76 Å². The number of carbonyl (C=O) groups is 1. The van der Waals surface area contributed by atoms with Gasteiger partial charge in [-0.3, -0.25) is 4.79 Å². The van der Waals surface area contributed by atoms with Crippen LogP contribution >= 0.6 is 0 Å². The van der Waals surface area contributed by atoms with Gasteiger partial charge in [0.25, 0.3) is 0 Å². The topological polar surface area (TPSA) is 30.2 Å². The minimum atomic E-state index is -0.0866. The lowest BCUT2D eigenvalue weighted by molar-refractivity contribution is -0.0828. The van der Waals surface area contributed by atoms with Crippen molar-refractivity contribution in [3.8, 4) is 0 Å². The van der Waals surface area contributed by atoms with Gasteiger partial charge in [-0.1, -0.05) is 6.92 Å². The van der Waals surface area contributed by atoms with Crippen LogP contribution in [0.25, 0.3) is 0 Å². The molecule has 0 amide bonds. The molecular formula is C16H20O2. The molecule has 4 aliphatic rings. The Morgan fingerprint density at radius 1 is 1.28 bits per heavy atom. The zero-order valence-electron chi connectivity index (χ0n) is 10.9. The van der Waals surface area contributed by atoms with Crippen molar-refractivity contribution in [3.05, 3.63) is 24.2 Å². The van der Waals surface area contributed by atoms with Crippen molar-refractivity contribution >= 4 is 5.78 Å². The van der Waals surface area contributed by atoms with Crippen molar-refractivity contribution in [1.82, 2.24) is 0 Å². The molecule has 96 valence electrons. The van der Waals surface area contributed by atoms with Gasteiger partial charge >= 0.3 is 0 Å². The molecule has 0 saturated heterocycles. The molecule has 0 spiro atoms. The zero-order chi connectivity index (χ0) is 12.4. The normalized spacial score (nSPS) is 45.4. The predicted molar refractivity (Wildman–Crippen MR) is 68.3 cm³/mol. The van der Waals surface area contributed by atoms with Crippen molar-refractivity contribution in [2.24, 2.45) is 22.7 Å². The maximum Gasteiger partial charge on any atom is 0.204 e. The van der Waals surface area contributed by atoms with E-state index < -0.39 is 0 Å². The van der Waals surface area contributed by atoms with Crippen LogP contribution in [0.5, 0.6) is 0 Å². The highest BCUT2D eigenvalue weighted by Gasteiger charge is 2.59. The Morgan fingerprint density at radius 2 is 2.00 bits per heavy atom. The lowest BCUT2D eigenvalue weighted by Gasteiger charge is -2.60. The van der Waals surface area contributed by atoms with E-state index in [0.717, 1.165) is 31.1 Å². The van der Waals surface area contributed by atoms with Crippen molar-refractivity contribution < 1.29 is 9.21 Å². The van der Waals surface area contributed by atoms with Crippen LogP contribution in [-0.2, 0) is 0 Å². The van der Waals surface area contributed by atoms with E-state index in [0.29, 0.717) is 11.2 Å². The van der Waals surface area contributed by atoms with Gasteiger partial charge in [0.2, 0.25) is 5.78 Å². The van der Waals surface area contributed by atoms with Crippen LogP contribution < -0.4 is 0 Å². The fraction of sp³-hybridized carbons (Fsp3) is 0.688. The average Bonchev–Trinajstić information content (AvgIpc) is 2.77. The maximum absolute atomic E-state index is 12.8. The molecule has 1 aromatic heterocycles. The monoisotopic (exact) mass is 244 g/mol. The summed E-state index contributed by atoms with van der Waals surface area (Å²) in [6.45, 7) is 2.40. The van der Waals surface area contributed by atoms with Crippen LogP contribution in [0.2, 0.25) is 0 Å². The van der Waals surface area contributed by atoms with Crippen LogP contribution in [0.4, 0.5) is 0 Å². The number of Topliss-reactive ketones (excluding diaryl/α,β-unsaturated/α-hetero) is 1. The van der Waals surface area contributed by atoms with Crippen molar-refractivity contribution in [3.63, 3.8) is 0 Å². The summed E-state index contributed by atoms with van der Waals surface area (Å²) in [4.78, 5) is 12.8. The van der Waals surface area contributed by atoms with E-state index in [2.05, 4.69) is 6.92 Å². The van der Waals surface area contributed by atoms with Crippen molar-refractivity contribution in [2.75, 3.05) is 0 Å². The first-order valence-electron chi connectivity index (χ1n) is 7.17. The summed E-state index contributed by atoms with van der Waals surface area (Å²) in [6.07, 6.45) is 8.98. The molecule has 2 unspecified atom stereocenters. The van der Waals surface area contributed by atoms with Gasteiger partial charge in [-0.25, -0.2) is 0 Å². The molecule has 4 fully saturated rings. The Morgan fingerprint density at radius 3 is 2.56 bits per heavy atom. The lowest BCUT2D eigenvalue weighted by atomic mass is 9.43. The first-order valence-corrected chi connectivity index (χ1v) is 7.17. The first-order chi connectivity index (χ1) is 8.59. The molecule has 2 atom stereocenters. The van der Waals surface area contributed by atoms with E-state index in [9.17, 15) is 4.79 Å². The van der Waals surface area contributed by atoms with Crippen LogP contribution in [0, 0.1) is 22.7 Å². The molecule has 1 heterocycles. The van der Waals surface area contributed by atoms with Crippen LogP contribution in [-0.4, -0.2) is 5.78 Å². The van der Waals surface area contributed by atoms with E-state index in [1.165, 1.54) is 19.3 Å². The van der Waals surface area contributed by atoms with E-state index >= 15 is 0 Å². The zero-order valence-corrected chi connectivity index (χ0v) is 10.9. The Labute approximate surface area is 108 Å². The van der Waals surface area contributed by atoms with E-state index in [4.69, 9.17) is 4.42 Å². The molecule has 0 aliphatic heterocycles. The molecule has 1 aromatic rings. The molecule has 0 N–H and O–H groups in total. The highest BCUT2D eigenvalue weighted by atomic mass is 16.3. The highest BCUT2D eigenvalue weighted by molar-refractivity contribution is 5.98. The molecule has 4 saturated carbocycles. The number of ketones is 1. The lowest BCUT2D eigenvalue weighted by Crippen LogP contribution is -2.53. The van der Waals surface area contributed by atoms with Gasteiger partial charge in [0, 0.05) is 5.41 Å². The predicted octanol–water partition coefficient (Wildman–Crippen LogP) is 4.07. The van der Waals surface area contributed by atoms with Gasteiger partial charge in [0.05, 0.1) is 6.26 Å². The minimum absolute atomic E-state index is 0.0866. The smallest absolute Gasteiger partial charge is 0.204 e. The molecule has 4 aliphatic carbocycles. The van der Waals surface area contributed by atoms with Crippen molar-refractivity contribution in [2.45, 2.75) is 45.4 Å². The van der Waals surface area contributed by atoms with Gasteiger partial charge in [-0.15, -0.1) is 0 Å². The summed E-state index contributed by atoms with van der Waals surface area (Å²) >= 11 is 0. The van der Waals surface area contributed by atoms with Gasteiger partial charge in [-0.05, 0) is 67.9 Å². The Kier molecular flexibility index (Phi) is 1.98. The third-order valence-electron chi connectivity index (χ3n) is 5.58. The third kappa shape index (κ3) is 1.38. The van der Waals surface area contributed by atoms with E-state index in [-0.39, 0.29) is 11.2 Å². The summed E-state index contributed by atoms with van der Waals surface area (Å²) in [5, 5.41) is 0. The minimum Gasteiger partial charge on any atom is -0.461 e. The summed E-state index contributed by atoms with van der Waals surface area (Å²) in [5.41, 5.74) is 0.336. The fourth-order valence-electron chi connectivity index (χ4n) is 5.66. The van der Waals surface area contributed by atoms with Crippen LogP contribution in [0.3, 0.4) is 0 Å². The number of hydrogen-bond donors (Lipinski definition) is 0. The molecule has 0 aromatic carbocycles. The van der Waals surface area contributed by atoms with E-state index in [1.807, 2.05) is 12.1 Å². The Balaban J connectivity index is 1.73. The molecule has 0 radical (unpaired) electrons. The van der Waals surface area contributed by atoms with Crippen LogP contribution in [0.15, 0.2) is 22.8 Å². The Bertz CT molecular complexity index is 471. The second-order valence-electron chi connectivity index (χ2n) is 7.36. The SMILES string of the molecule is CC12CC3CC(C1)CC(C(=O)c1ccco1)(C3)C2. The number of rotatable bonds is 2. The van der Waals surface area contributed by atoms with Crippen LogP contribution in [0.1, 0.15) is 56.0 Å². The molecule has 5 rings (SSSR count). The van der Waals surface area contributed by atoms with Gasteiger partial charge in [-0.2, -0.15) is 0 Å². The first kappa shape index (κ1) is 10.8. The Hall–Kier alpha value is -1.05. The summed E-state index contributed by atoms with van der Waals surface area (Å²) in [7, 11) is 0. The van der Waals surface area contributed by atoms with E-state index in [1.54, 1.807) is 6.26 Å². The number of furan rings is 1. The number of carbonyl (C=O) groups excluding carboxylic acids is 1. The summed E-state index contributed by atoms with van der Waals surface area (Å²) in [5.74, 6) is 2.44. The molecule has 4 bridgehead atoms. The molecule has 2 nitrogen and oxygen atoms in total. The van der Waals surface area contributed by atoms with Gasteiger partial charge in [0.1, 0.15) is 0 Å². The largest absolute Gasteiger partial charge is 0.461 e. The average molecular weight is 244 g/mol. The highest BCUT2D eigenvalue weighted by Crippen LogP contribution is 2.65. The standard InChI is InChI=1S/C16H20O2/c1-15-6-11-5-12(7-15)9-16(8-11,10-15)14(17)13-3-2-4-18-13/h2-4,11-12H,5-10H2,1H3. The molecule has 2 heteroatoms. The summed E-state index contributed by atoms with van der Waals surface area (Å²) in [6, 6.07) is 3.67.